The fraction of sp³-hybridized carbons (Fsp3) is 0.188. The molecule has 0 atom stereocenters. The zero-order valence-corrected chi connectivity index (χ0v) is 16.0. The van der Waals surface area contributed by atoms with E-state index in [0.717, 1.165) is 4.88 Å². The molecule has 0 aliphatic rings. The molecule has 0 radical (unpaired) electrons. The molecule has 3 aromatic rings. The number of carbonyl (C=O) groups is 1. The van der Waals surface area contributed by atoms with Crippen molar-refractivity contribution in [2.75, 3.05) is 18.2 Å². The summed E-state index contributed by atoms with van der Waals surface area (Å²) in [5.74, 6) is 0.564. The summed E-state index contributed by atoms with van der Waals surface area (Å²) in [6.07, 6.45) is 0. The Morgan fingerprint density at radius 2 is 2.30 bits per heavy atom. The lowest BCUT2D eigenvalue weighted by atomic mass is 10.1. The van der Waals surface area contributed by atoms with Gasteiger partial charge in [-0.3, -0.25) is 20.0 Å². The lowest BCUT2D eigenvalue weighted by molar-refractivity contribution is -0.385. The lowest BCUT2D eigenvalue weighted by Gasteiger charge is -2.10. The highest BCUT2D eigenvalue weighted by Gasteiger charge is 2.18. The molecule has 140 valence electrons. The molecular formula is C16H15N5O4S2. The Labute approximate surface area is 162 Å². The zero-order chi connectivity index (χ0) is 19.4. The van der Waals surface area contributed by atoms with Gasteiger partial charge in [0, 0.05) is 17.8 Å². The average Bonchev–Trinajstić information content (AvgIpc) is 3.32. The summed E-state index contributed by atoms with van der Waals surface area (Å²) in [6, 6.07) is 6.66. The minimum absolute atomic E-state index is 0.0862. The normalized spacial score (nSPS) is 10.6. The van der Waals surface area contributed by atoms with Gasteiger partial charge < -0.3 is 10.1 Å². The molecule has 2 aromatic heterocycles. The largest absolute Gasteiger partial charge is 0.490 e. The topological polar surface area (TPSA) is 123 Å². The standard InChI is InChI=1S/C16H15N5O4S2/c1-9-6-11(21(23)24)12(25-2)7-10(9)17-14(22)8-27-16-18-15(19-20-16)13-4-3-5-26-13/h3-7H,8H2,1-2H3,(H,17,22)(H,18,19,20). The van der Waals surface area contributed by atoms with Crippen LogP contribution in [0, 0.1) is 17.0 Å². The maximum absolute atomic E-state index is 12.2. The SMILES string of the molecule is COc1cc(NC(=O)CSc2n[nH]c(-c3cccs3)n2)c(C)cc1[N+](=O)[O-]. The number of nitrogens with zero attached hydrogens (tertiary/aromatic N) is 3. The van der Waals surface area contributed by atoms with Crippen LogP contribution in [0.15, 0.2) is 34.8 Å². The van der Waals surface area contributed by atoms with Crippen LogP contribution in [0.2, 0.25) is 0 Å². The molecule has 11 heteroatoms. The average molecular weight is 405 g/mol. The van der Waals surface area contributed by atoms with Gasteiger partial charge in [-0.1, -0.05) is 17.8 Å². The number of nitro groups is 1. The summed E-state index contributed by atoms with van der Waals surface area (Å²) in [7, 11) is 1.34. The summed E-state index contributed by atoms with van der Waals surface area (Å²) in [4.78, 5) is 28.0. The molecule has 2 heterocycles. The van der Waals surface area contributed by atoms with Crippen LogP contribution in [-0.2, 0) is 4.79 Å². The third-order valence-corrected chi connectivity index (χ3v) is 5.27. The third-order valence-electron chi connectivity index (χ3n) is 3.55. The van der Waals surface area contributed by atoms with Gasteiger partial charge in [0.25, 0.3) is 0 Å². The number of thiophene rings is 1. The minimum atomic E-state index is -0.526. The quantitative estimate of drug-likeness (QED) is 0.350. The Hall–Kier alpha value is -2.92. The van der Waals surface area contributed by atoms with Crippen LogP contribution in [0.1, 0.15) is 5.56 Å². The van der Waals surface area contributed by atoms with Crippen molar-refractivity contribution in [3.05, 3.63) is 45.3 Å². The summed E-state index contributed by atoms with van der Waals surface area (Å²) in [5.41, 5.74) is 0.875. The van der Waals surface area contributed by atoms with Crippen molar-refractivity contribution in [3.8, 4) is 16.5 Å². The second kappa shape index (κ2) is 8.18. The van der Waals surface area contributed by atoms with Crippen molar-refractivity contribution in [1.82, 2.24) is 15.2 Å². The van der Waals surface area contributed by atoms with E-state index in [4.69, 9.17) is 4.74 Å². The summed E-state index contributed by atoms with van der Waals surface area (Å²) >= 11 is 2.73. The second-order valence-corrected chi connectivity index (χ2v) is 7.27. The highest BCUT2D eigenvalue weighted by Crippen LogP contribution is 2.33. The van der Waals surface area contributed by atoms with E-state index in [1.165, 1.54) is 31.0 Å². The molecule has 0 bridgehead atoms. The van der Waals surface area contributed by atoms with E-state index in [1.54, 1.807) is 18.3 Å². The van der Waals surface area contributed by atoms with E-state index in [9.17, 15) is 14.9 Å². The number of hydrogen-bond acceptors (Lipinski definition) is 8. The Morgan fingerprint density at radius 3 is 2.96 bits per heavy atom. The molecule has 0 saturated carbocycles. The summed E-state index contributed by atoms with van der Waals surface area (Å²) in [6.45, 7) is 1.68. The van der Waals surface area contributed by atoms with Crippen molar-refractivity contribution < 1.29 is 14.5 Å². The summed E-state index contributed by atoms with van der Waals surface area (Å²) in [5, 5.41) is 23.1. The Kier molecular flexibility index (Phi) is 5.72. The molecule has 0 fully saturated rings. The molecule has 0 aliphatic carbocycles. The van der Waals surface area contributed by atoms with Gasteiger partial charge in [-0.05, 0) is 23.9 Å². The number of nitro benzene ring substituents is 1. The number of thioether (sulfide) groups is 1. The van der Waals surface area contributed by atoms with E-state index in [2.05, 4.69) is 20.5 Å². The van der Waals surface area contributed by atoms with Gasteiger partial charge >= 0.3 is 5.69 Å². The highest BCUT2D eigenvalue weighted by atomic mass is 32.2. The van der Waals surface area contributed by atoms with Crippen molar-refractivity contribution in [1.29, 1.82) is 0 Å². The van der Waals surface area contributed by atoms with Crippen molar-refractivity contribution in [2.45, 2.75) is 12.1 Å². The number of nitrogens with one attached hydrogen (secondary N) is 2. The Balaban J connectivity index is 1.63. The molecule has 2 N–H and O–H groups in total. The van der Waals surface area contributed by atoms with E-state index in [-0.39, 0.29) is 23.1 Å². The molecule has 1 amide bonds. The van der Waals surface area contributed by atoms with E-state index in [1.807, 2.05) is 17.5 Å². The van der Waals surface area contributed by atoms with E-state index >= 15 is 0 Å². The smallest absolute Gasteiger partial charge is 0.311 e. The number of aryl methyl sites for hydroxylation is 1. The van der Waals surface area contributed by atoms with Crippen LogP contribution in [0.4, 0.5) is 11.4 Å². The third kappa shape index (κ3) is 4.44. The van der Waals surface area contributed by atoms with Crippen LogP contribution < -0.4 is 10.1 Å². The number of H-pyrrole nitrogens is 1. The molecule has 0 saturated heterocycles. The first-order chi connectivity index (χ1) is 13.0. The predicted molar refractivity (Wildman–Crippen MR) is 103 cm³/mol. The lowest BCUT2D eigenvalue weighted by Crippen LogP contribution is -2.15. The van der Waals surface area contributed by atoms with Crippen LogP contribution in [-0.4, -0.2) is 38.9 Å². The monoisotopic (exact) mass is 405 g/mol. The number of anilines is 1. The van der Waals surface area contributed by atoms with Gasteiger partial charge in [0.2, 0.25) is 11.1 Å². The van der Waals surface area contributed by atoms with Gasteiger partial charge in [-0.15, -0.1) is 16.4 Å². The number of carbonyl (C=O) groups excluding carboxylic acids is 1. The Bertz CT molecular complexity index is 971. The van der Waals surface area contributed by atoms with Gasteiger partial charge in [0.05, 0.1) is 22.7 Å². The fourth-order valence-corrected chi connectivity index (χ4v) is 3.53. The molecule has 0 spiro atoms. The maximum Gasteiger partial charge on any atom is 0.311 e. The molecule has 1 aromatic carbocycles. The maximum atomic E-state index is 12.2. The molecule has 9 nitrogen and oxygen atoms in total. The van der Waals surface area contributed by atoms with Crippen molar-refractivity contribution >= 4 is 40.4 Å². The molecule has 0 unspecified atom stereocenters. The van der Waals surface area contributed by atoms with Crippen molar-refractivity contribution in [2.24, 2.45) is 0 Å². The molecule has 0 aliphatic heterocycles. The predicted octanol–water partition coefficient (Wildman–Crippen LogP) is 3.49. The van der Waals surface area contributed by atoms with Crippen LogP contribution in [0.25, 0.3) is 10.7 Å². The first-order valence-electron chi connectivity index (χ1n) is 7.70. The molecular weight excluding hydrogens is 390 g/mol. The zero-order valence-electron chi connectivity index (χ0n) is 14.4. The molecule has 27 heavy (non-hydrogen) atoms. The highest BCUT2D eigenvalue weighted by molar-refractivity contribution is 7.99. The summed E-state index contributed by atoms with van der Waals surface area (Å²) < 4.78 is 5.03. The van der Waals surface area contributed by atoms with Crippen LogP contribution in [0.3, 0.4) is 0 Å². The molecule has 3 rings (SSSR count). The minimum Gasteiger partial charge on any atom is -0.490 e. The number of rotatable bonds is 7. The van der Waals surface area contributed by atoms with Gasteiger partial charge in [0.15, 0.2) is 11.6 Å². The number of methoxy groups -OCH3 is 1. The first-order valence-corrected chi connectivity index (χ1v) is 9.56. The van der Waals surface area contributed by atoms with Crippen LogP contribution >= 0.6 is 23.1 Å². The van der Waals surface area contributed by atoms with Crippen molar-refractivity contribution in [3.63, 3.8) is 0 Å². The van der Waals surface area contributed by atoms with Crippen LogP contribution in [0.5, 0.6) is 5.75 Å². The van der Waals surface area contributed by atoms with E-state index < -0.39 is 4.92 Å². The Morgan fingerprint density at radius 1 is 1.48 bits per heavy atom. The van der Waals surface area contributed by atoms with Gasteiger partial charge in [-0.2, -0.15) is 0 Å². The number of amides is 1. The number of benzene rings is 1. The number of hydrogen-bond donors (Lipinski definition) is 2. The number of aromatic nitrogens is 3. The van der Waals surface area contributed by atoms with Gasteiger partial charge in [0.1, 0.15) is 0 Å². The second-order valence-electron chi connectivity index (χ2n) is 5.38. The first kappa shape index (κ1) is 18.9. The van der Waals surface area contributed by atoms with Gasteiger partial charge in [-0.25, -0.2) is 4.98 Å². The number of aromatic amines is 1. The fourth-order valence-electron chi connectivity index (χ4n) is 2.26. The number of ether oxygens (including phenoxy) is 1. The van der Waals surface area contributed by atoms with E-state index in [0.29, 0.717) is 22.2 Å².